The molecule has 2 aliphatic heterocycles. The van der Waals surface area contributed by atoms with Crippen molar-refractivity contribution in [3.05, 3.63) is 28.8 Å². The van der Waals surface area contributed by atoms with Crippen molar-refractivity contribution in [1.29, 1.82) is 0 Å². The Labute approximate surface area is 167 Å². The van der Waals surface area contributed by atoms with E-state index in [1.807, 2.05) is 18.2 Å². The third-order valence-corrected chi connectivity index (χ3v) is 5.56. The lowest BCUT2D eigenvalue weighted by Crippen LogP contribution is -2.47. The number of ether oxygens (including phenoxy) is 2. The number of aliphatic imine (C=N–C) groups is 1. The summed E-state index contributed by atoms with van der Waals surface area (Å²) in [5, 5.41) is 7.43. The molecule has 2 atom stereocenters. The largest absolute Gasteiger partial charge is 0.497 e. The number of rotatable bonds is 7. The summed E-state index contributed by atoms with van der Waals surface area (Å²) in [6.07, 6.45) is 3.57. The highest BCUT2D eigenvalue weighted by molar-refractivity contribution is 6.31. The molecule has 2 unspecified atom stereocenters. The summed E-state index contributed by atoms with van der Waals surface area (Å²) in [4.78, 5) is 7.27. The van der Waals surface area contributed by atoms with Crippen LogP contribution in [0.1, 0.15) is 25.3 Å². The summed E-state index contributed by atoms with van der Waals surface area (Å²) in [6.45, 7) is 7.39. The average molecular weight is 395 g/mol. The molecule has 2 N–H and O–H groups in total. The van der Waals surface area contributed by atoms with Gasteiger partial charge in [-0.1, -0.05) is 17.7 Å². The predicted molar refractivity (Wildman–Crippen MR) is 110 cm³/mol. The molecule has 0 saturated carbocycles. The first-order valence-electron chi connectivity index (χ1n) is 9.90. The van der Waals surface area contributed by atoms with Crippen LogP contribution in [0.25, 0.3) is 0 Å². The molecular weight excluding hydrogens is 364 g/mol. The van der Waals surface area contributed by atoms with E-state index in [1.165, 1.54) is 19.4 Å². The molecule has 150 valence electrons. The highest BCUT2D eigenvalue weighted by Gasteiger charge is 2.31. The van der Waals surface area contributed by atoms with Gasteiger partial charge < -0.3 is 20.1 Å². The zero-order valence-corrected chi connectivity index (χ0v) is 17.1. The molecule has 2 saturated heterocycles. The van der Waals surface area contributed by atoms with Crippen molar-refractivity contribution in [3.8, 4) is 5.75 Å². The van der Waals surface area contributed by atoms with E-state index in [1.54, 1.807) is 7.11 Å². The van der Waals surface area contributed by atoms with Crippen molar-refractivity contribution < 1.29 is 9.47 Å². The number of nitrogens with zero attached hydrogens (tertiary/aromatic N) is 2. The van der Waals surface area contributed by atoms with Crippen molar-refractivity contribution in [2.45, 2.75) is 38.3 Å². The molecule has 1 aromatic rings. The highest BCUT2D eigenvalue weighted by Crippen LogP contribution is 2.23. The molecule has 2 fully saturated rings. The highest BCUT2D eigenvalue weighted by atomic mass is 35.5. The molecule has 7 heteroatoms. The fraction of sp³-hybridized carbons (Fsp3) is 0.650. The van der Waals surface area contributed by atoms with Gasteiger partial charge in [-0.25, -0.2) is 0 Å². The zero-order chi connectivity index (χ0) is 19.1. The summed E-state index contributed by atoms with van der Waals surface area (Å²) >= 11 is 6.32. The number of guanidine groups is 1. The Kier molecular flexibility index (Phi) is 7.61. The first-order chi connectivity index (χ1) is 13.2. The minimum absolute atomic E-state index is 0.186. The second-order valence-corrected chi connectivity index (χ2v) is 7.51. The number of halogens is 1. The van der Waals surface area contributed by atoms with E-state index in [0.29, 0.717) is 12.6 Å². The Balaban J connectivity index is 1.47. The molecule has 0 bridgehead atoms. The minimum atomic E-state index is 0.186. The fourth-order valence-corrected chi connectivity index (χ4v) is 3.97. The second kappa shape index (κ2) is 10.2. The van der Waals surface area contributed by atoms with Crippen LogP contribution in [0, 0.1) is 0 Å². The van der Waals surface area contributed by atoms with Crippen molar-refractivity contribution >= 4 is 17.6 Å². The van der Waals surface area contributed by atoms with Gasteiger partial charge in [0.05, 0.1) is 26.4 Å². The SMILES string of the molecule is CCNC(=NCC1CN2CCCC2CO1)NCCc1ccc(OC)cc1Cl. The molecule has 27 heavy (non-hydrogen) atoms. The van der Waals surface area contributed by atoms with Gasteiger partial charge in [0.1, 0.15) is 5.75 Å². The van der Waals surface area contributed by atoms with E-state index in [2.05, 4.69) is 22.5 Å². The molecule has 0 radical (unpaired) electrons. The van der Waals surface area contributed by atoms with Crippen LogP contribution < -0.4 is 15.4 Å². The van der Waals surface area contributed by atoms with E-state index in [4.69, 9.17) is 26.1 Å². The van der Waals surface area contributed by atoms with Crippen LogP contribution >= 0.6 is 11.6 Å². The van der Waals surface area contributed by atoms with E-state index >= 15 is 0 Å². The van der Waals surface area contributed by atoms with E-state index in [0.717, 1.165) is 55.0 Å². The summed E-state index contributed by atoms with van der Waals surface area (Å²) in [6, 6.07) is 6.43. The monoisotopic (exact) mass is 394 g/mol. The summed E-state index contributed by atoms with van der Waals surface area (Å²) in [5.41, 5.74) is 1.09. The number of hydrogen-bond acceptors (Lipinski definition) is 4. The third kappa shape index (κ3) is 5.74. The molecule has 0 aromatic heterocycles. The normalized spacial score (nSPS) is 23.1. The van der Waals surface area contributed by atoms with Gasteiger partial charge in [0.2, 0.25) is 0 Å². The zero-order valence-electron chi connectivity index (χ0n) is 16.3. The van der Waals surface area contributed by atoms with Crippen LogP contribution in [0.2, 0.25) is 5.02 Å². The Bertz CT molecular complexity index is 640. The van der Waals surface area contributed by atoms with Crippen molar-refractivity contribution in [1.82, 2.24) is 15.5 Å². The van der Waals surface area contributed by atoms with Gasteiger partial charge in [0.25, 0.3) is 0 Å². The number of nitrogens with one attached hydrogen (secondary N) is 2. The van der Waals surface area contributed by atoms with Crippen LogP contribution in [0.5, 0.6) is 5.75 Å². The molecular formula is C20H31ClN4O2. The fourth-order valence-electron chi connectivity index (χ4n) is 3.70. The van der Waals surface area contributed by atoms with Crippen LogP contribution in [-0.2, 0) is 11.2 Å². The average Bonchev–Trinajstić information content (AvgIpc) is 3.15. The maximum atomic E-state index is 6.32. The Morgan fingerprint density at radius 2 is 2.30 bits per heavy atom. The number of morpholine rings is 1. The van der Waals surface area contributed by atoms with Gasteiger partial charge in [0, 0.05) is 30.7 Å². The number of benzene rings is 1. The standard InChI is InChI=1S/C20H31ClN4O2/c1-3-22-20(23-9-8-15-6-7-17(26-2)11-19(15)21)24-12-18-13-25-10-4-5-16(25)14-27-18/h6-7,11,16,18H,3-5,8-10,12-14H2,1-2H3,(H2,22,23,24). The van der Waals surface area contributed by atoms with Crippen LogP contribution in [0.15, 0.2) is 23.2 Å². The molecule has 0 spiro atoms. The molecule has 0 amide bonds. The smallest absolute Gasteiger partial charge is 0.191 e. The molecule has 2 heterocycles. The Morgan fingerprint density at radius 3 is 3.07 bits per heavy atom. The number of fused-ring (bicyclic) bond motifs is 1. The topological polar surface area (TPSA) is 58.1 Å². The maximum Gasteiger partial charge on any atom is 0.191 e. The number of hydrogen-bond donors (Lipinski definition) is 2. The van der Waals surface area contributed by atoms with Crippen LogP contribution in [0.4, 0.5) is 0 Å². The van der Waals surface area contributed by atoms with Crippen molar-refractivity contribution in [2.75, 3.05) is 46.4 Å². The molecule has 2 aliphatic rings. The van der Waals surface area contributed by atoms with Gasteiger partial charge in [-0.05, 0) is 50.4 Å². The lowest BCUT2D eigenvalue weighted by atomic mass is 10.1. The Morgan fingerprint density at radius 1 is 1.41 bits per heavy atom. The molecule has 1 aromatic carbocycles. The maximum absolute atomic E-state index is 6.32. The van der Waals surface area contributed by atoms with Gasteiger partial charge in [-0.15, -0.1) is 0 Å². The second-order valence-electron chi connectivity index (χ2n) is 7.10. The number of methoxy groups -OCH3 is 1. The lowest BCUT2D eigenvalue weighted by Gasteiger charge is -2.34. The van der Waals surface area contributed by atoms with Gasteiger partial charge >= 0.3 is 0 Å². The predicted octanol–water partition coefficient (Wildman–Crippen LogP) is 2.31. The van der Waals surface area contributed by atoms with Crippen LogP contribution in [-0.4, -0.2) is 69.4 Å². The first kappa shape index (κ1) is 20.2. The third-order valence-electron chi connectivity index (χ3n) is 5.21. The van der Waals surface area contributed by atoms with E-state index < -0.39 is 0 Å². The van der Waals surface area contributed by atoms with Gasteiger partial charge in [-0.2, -0.15) is 0 Å². The molecule has 3 rings (SSSR count). The minimum Gasteiger partial charge on any atom is -0.497 e. The van der Waals surface area contributed by atoms with Crippen molar-refractivity contribution in [3.63, 3.8) is 0 Å². The summed E-state index contributed by atoms with van der Waals surface area (Å²) in [7, 11) is 1.64. The lowest BCUT2D eigenvalue weighted by molar-refractivity contribution is -0.0432. The van der Waals surface area contributed by atoms with E-state index in [-0.39, 0.29) is 6.10 Å². The van der Waals surface area contributed by atoms with Crippen LogP contribution in [0.3, 0.4) is 0 Å². The Hall–Kier alpha value is -1.50. The molecule has 6 nitrogen and oxygen atoms in total. The van der Waals surface area contributed by atoms with Gasteiger partial charge in [0.15, 0.2) is 5.96 Å². The van der Waals surface area contributed by atoms with Crippen molar-refractivity contribution in [2.24, 2.45) is 4.99 Å². The summed E-state index contributed by atoms with van der Waals surface area (Å²) in [5.74, 6) is 1.61. The molecule has 0 aliphatic carbocycles. The first-order valence-corrected chi connectivity index (χ1v) is 10.3. The quantitative estimate of drug-likeness (QED) is 0.549. The van der Waals surface area contributed by atoms with E-state index in [9.17, 15) is 0 Å². The van der Waals surface area contributed by atoms with Gasteiger partial charge in [-0.3, -0.25) is 9.89 Å². The summed E-state index contributed by atoms with van der Waals surface area (Å²) < 4.78 is 11.2.